The number of amides is 1. The van der Waals surface area contributed by atoms with Crippen molar-refractivity contribution in [3.63, 3.8) is 0 Å². The Labute approximate surface area is 191 Å². The molecule has 0 bridgehead atoms. The summed E-state index contributed by atoms with van der Waals surface area (Å²) in [5, 5.41) is 0.468. The number of benzene rings is 3. The quantitative estimate of drug-likeness (QED) is 0.437. The van der Waals surface area contributed by atoms with Gasteiger partial charge in [-0.05, 0) is 66.9 Å². The van der Waals surface area contributed by atoms with Gasteiger partial charge in [0.1, 0.15) is 17.1 Å². The number of carbonyl (C=O) groups excluding carboxylic acids is 1. The maximum atomic E-state index is 13.7. The van der Waals surface area contributed by atoms with E-state index in [1.165, 1.54) is 0 Å². The van der Waals surface area contributed by atoms with E-state index in [9.17, 15) is 9.59 Å². The molecule has 1 amide bonds. The zero-order chi connectivity index (χ0) is 23.3. The maximum absolute atomic E-state index is 13.7. The molecule has 1 aromatic heterocycles. The molecule has 6 heteroatoms. The Balaban J connectivity index is 1.80. The summed E-state index contributed by atoms with van der Waals surface area (Å²) >= 11 is 0. The minimum Gasteiger partial charge on any atom is -0.497 e. The molecule has 0 saturated heterocycles. The molecule has 6 nitrogen and oxygen atoms in total. The van der Waals surface area contributed by atoms with Gasteiger partial charge in [-0.2, -0.15) is 0 Å². The predicted molar refractivity (Wildman–Crippen MR) is 127 cm³/mol. The molecule has 1 aliphatic heterocycles. The summed E-state index contributed by atoms with van der Waals surface area (Å²) < 4.78 is 16.8. The van der Waals surface area contributed by atoms with E-state index >= 15 is 0 Å². The van der Waals surface area contributed by atoms with Gasteiger partial charge in [0.2, 0.25) is 5.76 Å². The van der Waals surface area contributed by atoms with Crippen molar-refractivity contribution >= 4 is 22.6 Å². The average Bonchev–Trinajstić information content (AvgIpc) is 3.13. The van der Waals surface area contributed by atoms with E-state index in [0.29, 0.717) is 33.7 Å². The highest BCUT2D eigenvalue weighted by atomic mass is 16.5. The molecule has 5 rings (SSSR count). The van der Waals surface area contributed by atoms with Crippen LogP contribution in [-0.4, -0.2) is 20.1 Å². The van der Waals surface area contributed by atoms with Crippen LogP contribution in [0.3, 0.4) is 0 Å². The van der Waals surface area contributed by atoms with Crippen molar-refractivity contribution in [3.8, 4) is 11.5 Å². The average molecular weight is 441 g/mol. The first-order valence-corrected chi connectivity index (χ1v) is 10.6. The second kappa shape index (κ2) is 7.81. The van der Waals surface area contributed by atoms with Gasteiger partial charge in [-0.15, -0.1) is 0 Å². The van der Waals surface area contributed by atoms with Crippen LogP contribution >= 0.6 is 0 Å². The number of hydrogen-bond donors (Lipinski definition) is 0. The number of nitrogens with zero attached hydrogens (tertiary/aromatic N) is 1. The van der Waals surface area contributed by atoms with Gasteiger partial charge in [-0.3, -0.25) is 14.5 Å². The van der Waals surface area contributed by atoms with Crippen LogP contribution in [0, 0.1) is 13.8 Å². The van der Waals surface area contributed by atoms with E-state index in [1.807, 2.05) is 68.4 Å². The molecule has 0 N–H and O–H groups in total. The van der Waals surface area contributed by atoms with Crippen molar-refractivity contribution in [2.75, 3.05) is 19.1 Å². The van der Waals surface area contributed by atoms with E-state index < -0.39 is 6.04 Å². The van der Waals surface area contributed by atoms with Crippen LogP contribution in [0.2, 0.25) is 0 Å². The summed E-state index contributed by atoms with van der Waals surface area (Å²) in [6.07, 6.45) is 0. The minimum absolute atomic E-state index is 0.0689. The first kappa shape index (κ1) is 20.8. The standard InChI is InChI=1S/C27H23NO5/c1-15-12-21-22(13-16(15)2)33-26-23(25(21)29)24(17-8-10-19(31-3)11-9-17)28(27(26)30)18-6-5-7-20(14-18)32-4/h5-14,24H,1-4H3. The second-order valence-electron chi connectivity index (χ2n) is 8.16. The van der Waals surface area contributed by atoms with E-state index in [0.717, 1.165) is 16.7 Å². The molecule has 0 radical (unpaired) electrons. The summed E-state index contributed by atoms with van der Waals surface area (Å²) in [6.45, 7) is 3.91. The van der Waals surface area contributed by atoms with Crippen molar-refractivity contribution in [2.24, 2.45) is 0 Å². The molecule has 0 fully saturated rings. The SMILES string of the molecule is COc1ccc(C2c3c(oc4cc(C)c(C)cc4c3=O)C(=O)N2c2cccc(OC)c2)cc1. The van der Waals surface area contributed by atoms with E-state index in [4.69, 9.17) is 13.9 Å². The number of anilines is 1. The van der Waals surface area contributed by atoms with Gasteiger partial charge in [0.15, 0.2) is 5.43 Å². The van der Waals surface area contributed by atoms with Crippen LogP contribution in [0.1, 0.15) is 38.9 Å². The van der Waals surface area contributed by atoms with Crippen molar-refractivity contribution in [1.29, 1.82) is 0 Å². The highest BCUT2D eigenvalue weighted by Crippen LogP contribution is 2.42. The molecule has 1 atom stereocenters. The Hall–Kier alpha value is -4.06. The normalized spacial score (nSPS) is 15.1. The van der Waals surface area contributed by atoms with Crippen LogP contribution in [0.5, 0.6) is 11.5 Å². The largest absolute Gasteiger partial charge is 0.497 e. The van der Waals surface area contributed by atoms with Crippen molar-refractivity contribution in [2.45, 2.75) is 19.9 Å². The minimum atomic E-state index is -0.646. The number of rotatable bonds is 4. The molecule has 0 saturated carbocycles. The Kier molecular flexibility index (Phi) is 4.93. The van der Waals surface area contributed by atoms with Crippen molar-refractivity contribution in [1.82, 2.24) is 0 Å². The molecule has 2 heterocycles. The first-order chi connectivity index (χ1) is 15.9. The third-order valence-corrected chi connectivity index (χ3v) is 6.25. The molecule has 1 unspecified atom stereocenters. The van der Waals surface area contributed by atoms with Crippen LogP contribution in [-0.2, 0) is 0 Å². The first-order valence-electron chi connectivity index (χ1n) is 10.6. The Bertz CT molecular complexity index is 1450. The lowest BCUT2D eigenvalue weighted by atomic mass is 9.97. The van der Waals surface area contributed by atoms with Gasteiger partial charge < -0.3 is 13.9 Å². The van der Waals surface area contributed by atoms with E-state index in [-0.39, 0.29) is 17.1 Å². The van der Waals surface area contributed by atoms with Gasteiger partial charge in [-0.1, -0.05) is 18.2 Å². The van der Waals surface area contributed by atoms with Crippen LogP contribution < -0.4 is 19.8 Å². The van der Waals surface area contributed by atoms with E-state index in [1.54, 1.807) is 25.2 Å². The third kappa shape index (κ3) is 3.26. The number of methoxy groups -OCH3 is 2. The lowest BCUT2D eigenvalue weighted by molar-refractivity contribution is 0.0971. The molecule has 33 heavy (non-hydrogen) atoms. The van der Waals surface area contributed by atoms with Crippen molar-refractivity contribution < 1.29 is 18.7 Å². The lowest BCUT2D eigenvalue weighted by Gasteiger charge is -2.25. The zero-order valence-corrected chi connectivity index (χ0v) is 18.8. The molecule has 0 aliphatic carbocycles. The Morgan fingerprint density at radius 3 is 2.24 bits per heavy atom. The van der Waals surface area contributed by atoms with Crippen LogP contribution in [0.25, 0.3) is 11.0 Å². The zero-order valence-electron chi connectivity index (χ0n) is 18.8. The Morgan fingerprint density at radius 2 is 1.55 bits per heavy atom. The van der Waals surface area contributed by atoms with Gasteiger partial charge in [0, 0.05) is 11.8 Å². The molecule has 166 valence electrons. The van der Waals surface area contributed by atoms with Gasteiger partial charge in [0.25, 0.3) is 5.91 Å². The number of ether oxygens (including phenoxy) is 2. The molecule has 1 aliphatic rings. The van der Waals surface area contributed by atoms with Crippen LogP contribution in [0.4, 0.5) is 5.69 Å². The smallest absolute Gasteiger partial charge is 0.295 e. The highest BCUT2D eigenvalue weighted by molar-refractivity contribution is 6.10. The maximum Gasteiger partial charge on any atom is 0.295 e. The summed E-state index contributed by atoms with van der Waals surface area (Å²) in [6, 6.07) is 17.6. The lowest BCUT2D eigenvalue weighted by Crippen LogP contribution is -2.29. The summed E-state index contributed by atoms with van der Waals surface area (Å²) in [5.41, 5.74) is 3.93. The number of fused-ring (bicyclic) bond motifs is 2. The van der Waals surface area contributed by atoms with Crippen LogP contribution in [0.15, 0.2) is 69.9 Å². The van der Waals surface area contributed by atoms with E-state index in [2.05, 4.69) is 0 Å². The second-order valence-corrected chi connectivity index (χ2v) is 8.16. The monoisotopic (exact) mass is 441 g/mol. The van der Waals surface area contributed by atoms with Gasteiger partial charge in [0.05, 0.1) is 31.2 Å². The predicted octanol–water partition coefficient (Wildman–Crippen LogP) is 5.18. The summed E-state index contributed by atoms with van der Waals surface area (Å²) in [7, 11) is 3.17. The fraction of sp³-hybridized carbons (Fsp3) is 0.185. The van der Waals surface area contributed by atoms with Gasteiger partial charge >= 0.3 is 0 Å². The summed E-state index contributed by atoms with van der Waals surface area (Å²) in [4.78, 5) is 29.0. The van der Waals surface area contributed by atoms with Gasteiger partial charge in [-0.25, -0.2) is 0 Å². The third-order valence-electron chi connectivity index (χ3n) is 6.25. The fourth-order valence-electron chi connectivity index (χ4n) is 4.36. The summed E-state index contributed by atoms with van der Waals surface area (Å²) in [5.74, 6) is 1.00. The fourth-order valence-corrected chi connectivity index (χ4v) is 4.36. The number of carbonyl (C=O) groups is 1. The Morgan fingerprint density at radius 1 is 0.848 bits per heavy atom. The number of aryl methyl sites for hydroxylation is 2. The molecular weight excluding hydrogens is 418 g/mol. The topological polar surface area (TPSA) is 69.0 Å². The van der Waals surface area contributed by atoms with Crippen molar-refractivity contribution in [3.05, 3.63) is 98.9 Å². The molecular formula is C27H23NO5. The number of hydrogen-bond acceptors (Lipinski definition) is 5. The molecule has 4 aromatic rings. The molecule has 3 aromatic carbocycles. The molecule has 0 spiro atoms. The highest BCUT2D eigenvalue weighted by Gasteiger charge is 2.43.